The van der Waals surface area contributed by atoms with Crippen LogP contribution in [-0.4, -0.2) is 24.8 Å². The predicted molar refractivity (Wildman–Crippen MR) is 80.8 cm³/mol. The van der Waals surface area contributed by atoms with Gasteiger partial charge in [-0.25, -0.2) is 0 Å². The molecule has 0 bridgehead atoms. The summed E-state index contributed by atoms with van der Waals surface area (Å²) in [6.45, 7) is 2.54. The molecule has 1 N–H and O–H groups in total. The molecule has 0 aromatic heterocycles. The number of para-hydroxylation sites is 2. The second kappa shape index (κ2) is 6.83. The molecule has 1 aromatic rings. The van der Waals surface area contributed by atoms with Crippen LogP contribution in [0.4, 0.5) is 0 Å². The van der Waals surface area contributed by atoms with Crippen LogP contribution in [0.2, 0.25) is 0 Å². The molecule has 2 unspecified atom stereocenters. The average Bonchev–Trinajstić information content (AvgIpc) is 2.47. The number of carboxylic acid groups (broad SMARTS) is 1. The minimum atomic E-state index is -0.683. The van der Waals surface area contributed by atoms with Crippen LogP contribution < -0.4 is 9.47 Å². The lowest BCUT2D eigenvalue weighted by molar-refractivity contribution is -0.153. The van der Waals surface area contributed by atoms with Crippen LogP contribution in [0.3, 0.4) is 0 Å². The van der Waals surface area contributed by atoms with Crippen LogP contribution in [0.25, 0.3) is 0 Å². The number of ether oxygens (including phenoxy) is 2. The van der Waals surface area contributed by atoms with Gasteiger partial charge in [0.05, 0.1) is 19.1 Å². The van der Waals surface area contributed by atoms with Gasteiger partial charge in [-0.1, -0.05) is 31.9 Å². The Kier molecular flexibility index (Phi) is 5.10. The summed E-state index contributed by atoms with van der Waals surface area (Å²) in [4.78, 5) is 11.7. The van der Waals surface area contributed by atoms with Crippen LogP contribution >= 0.6 is 0 Å². The van der Waals surface area contributed by atoms with Crippen molar-refractivity contribution in [1.29, 1.82) is 0 Å². The maximum Gasteiger partial charge on any atom is 0.309 e. The first-order chi connectivity index (χ1) is 10.1. The fourth-order valence-corrected chi connectivity index (χ4v) is 3.28. The Labute approximate surface area is 126 Å². The van der Waals surface area contributed by atoms with E-state index in [0.29, 0.717) is 30.4 Å². The lowest BCUT2D eigenvalue weighted by atomic mass is 9.68. The van der Waals surface area contributed by atoms with E-state index in [0.717, 1.165) is 25.7 Å². The van der Waals surface area contributed by atoms with Crippen molar-refractivity contribution in [1.82, 2.24) is 0 Å². The number of methoxy groups -OCH3 is 1. The molecular weight excluding hydrogens is 268 g/mol. The van der Waals surface area contributed by atoms with Crippen LogP contribution in [0.5, 0.6) is 11.5 Å². The minimum Gasteiger partial charge on any atom is -0.493 e. The zero-order chi connectivity index (χ0) is 15.3. The number of hydrogen-bond acceptors (Lipinski definition) is 3. The molecule has 0 aliphatic heterocycles. The highest BCUT2D eigenvalue weighted by Gasteiger charge is 2.41. The third-order valence-corrected chi connectivity index (χ3v) is 4.45. The number of carbonyl (C=O) groups is 1. The van der Waals surface area contributed by atoms with E-state index < -0.39 is 11.4 Å². The fraction of sp³-hybridized carbons (Fsp3) is 0.588. The first-order valence-electron chi connectivity index (χ1n) is 7.56. The molecule has 1 aromatic carbocycles. The van der Waals surface area contributed by atoms with E-state index in [1.165, 1.54) is 0 Å². The third-order valence-electron chi connectivity index (χ3n) is 4.45. The van der Waals surface area contributed by atoms with Gasteiger partial charge in [0.15, 0.2) is 11.5 Å². The highest BCUT2D eigenvalue weighted by molar-refractivity contribution is 5.74. The Morgan fingerprint density at radius 2 is 2.10 bits per heavy atom. The molecule has 21 heavy (non-hydrogen) atoms. The molecule has 0 saturated heterocycles. The number of hydrogen-bond donors (Lipinski definition) is 1. The summed E-state index contributed by atoms with van der Waals surface area (Å²) in [6, 6.07) is 7.45. The maximum atomic E-state index is 11.7. The molecule has 1 fully saturated rings. The van der Waals surface area contributed by atoms with Gasteiger partial charge in [0.2, 0.25) is 0 Å². The summed E-state index contributed by atoms with van der Waals surface area (Å²) in [6.07, 6.45) is 4.16. The molecular formula is C17H24O4. The number of aliphatic carboxylic acids is 1. The van der Waals surface area contributed by atoms with Crippen LogP contribution in [0.1, 0.15) is 39.0 Å². The Morgan fingerprint density at radius 3 is 2.71 bits per heavy atom. The summed E-state index contributed by atoms with van der Waals surface area (Å²) < 4.78 is 11.0. The van der Waals surface area contributed by atoms with Gasteiger partial charge in [-0.15, -0.1) is 0 Å². The molecule has 0 heterocycles. The molecule has 4 nitrogen and oxygen atoms in total. The summed E-state index contributed by atoms with van der Waals surface area (Å²) >= 11 is 0. The van der Waals surface area contributed by atoms with Gasteiger partial charge < -0.3 is 14.6 Å². The van der Waals surface area contributed by atoms with Crippen LogP contribution in [-0.2, 0) is 4.79 Å². The first-order valence-corrected chi connectivity index (χ1v) is 7.56. The molecule has 4 heteroatoms. The second-order valence-corrected chi connectivity index (χ2v) is 6.04. The molecule has 0 radical (unpaired) electrons. The molecule has 0 amide bonds. The average molecular weight is 292 g/mol. The van der Waals surface area contributed by atoms with E-state index >= 15 is 0 Å². The van der Waals surface area contributed by atoms with Crippen molar-refractivity contribution in [2.75, 3.05) is 13.7 Å². The van der Waals surface area contributed by atoms with Gasteiger partial charge in [-0.2, -0.15) is 0 Å². The number of carboxylic acids is 1. The van der Waals surface area contributed by atoms with E-state index in [1.54, 1.807) is 7.11 Å². The van der Waals surface area contributed by atoms with E-state index in [4.69, 9.17) is 9.47 Å². The predicted octanol–water partition coefficient (Wildman–Crippen LogP) is 3.75. The topological polar surface area (TPSA) is 55.8 Å². The van der Waals surface area contributed by atoms with E-state index in [2.05, 4.69) is 6.92 Å². The minimum absolute atomic E-state index is 0.402. The summed E-state index contributed by atoms with van der Waals surface area (Å²) in [5.74, 6) is 1.14. The lowest BCUT2D eigenvalue weighted by Gasteiger charge is -2.36. The van der Waals surface area contributed by atoms with Crippen molar-refractivity contribution in [2.24, 2.45) is 11.3 Å². The standard InChI is InChI=1S/C17H24O4/c1-13-6-5-9-17(12-13,16(18)19)10-11-21-15-8-4-3-7-14(15)20-2/h3-4,7-8,13H,5-6,9-12H2,1-2H3,(H,18,19). The highest BCUT2D eigenvalue weighted by Crippen LogP contribution is 2.42. The maximum absolute atomic E-state index is 11.7. The third kappa shape index (κ3) is 3.69. The normalized spacial score (nSPS) is 25.3. The van der Waals surface area contributed by atoms with Crippen molar-refractivity contribution < 1.29 is 19.4 Å². The van der Waals surface area contributed by atoms with Crippen molar-refractivity contribution >= 4 is 5.97 Å². The van der Waals surface area contributed by atoms with Gasteiger partial charge >= 0.3 is 5.97 Å². The van der Waals surface area contributed by atoms with E-state index in [-0.39, 0.29) is 0 Å². The van der Waals surface area contributed by atoms with E-state index in [9.17, 15) is 9.90 Å². The zero-order valence-corrected chi connectivity index (χ0v) is 12.8. The van der Waals surface area contributed by atoms with Crippen molar-refractivity contribution in [2.45, 2.75) is 39.0 Å². The van der Waals surface area contributed by atoms with Gasteiger partial charge in [0, 0.05) is 0 Å². The van der Waals surface area contributed by atoms with Crippen molar-refractivity contribution in [3.8, 4) is 11.5 Å². The highest BCUT2D eigenvalue weighted by atomic mass is 16.5. The first kappa shape index (κ1) is 15.7. The quantitative estimate of drug-likeness (QED) is 0.867. The molecule has 1 aliphatic carbocycles. The lowest BCUT2D eigenvalue weighted by Crippen LogP contribution is -2.37. The molecule has 2 atom stereocenters. The van der Waals surface area contributed by atoms with Crippen molar-refractivity contribution in [3.63, 3.8) is 0 Å². The summed E-state index contributed by atoms with van der Waals surface area (Å²) in [7, 11) is 1.60. The van der Waals surface area contributed by atoms with Gasteiger partial charge in [0.1, 0.15) is 0 Å². The number of rotatable bonds is 6. The molecule has 0 spiro atoms. The molecule has 116 valence electrons. The molecule has 1 saturated carbocycles. The summed E-state index contributed by atoms with van der Waals surface area (Å²) in [5.41, 5.74) is -0.625. The zero-order valence-electron chi connectivity index (χ0n) is 12.8. The van der Waals surface area contributed by atoms with E-state index in [1.807, 2.05) is 24.3 Å². The van der Waals surface area contributed by atoms with Gasteiger partial charge in [-0.05, 0) is 37.3 Å². The van der Waals surface area contributed by atoms with Crippen LogP contribution in [0.15, 0.2) is 24.3 Å². The largest absolute Gasteiger partial charge is 0.493 e. The molecule has 1 aliphatic rings. The molecule has 2 rings (SSSR count). The van der Waals surface area contributed by atoms with Gasteiger partial charge in [0.25, 0.3) is 0 Å². The van der Waals surface area contributed by atoms with Gasteiger partial charge in [-0.3, -0.25) is 4.79 Å². The second-order valence-electron chi connectivity index (χ2n) is 6.04. The number of benzene rings is 1. The SMILES string of the molecule is COc1ccccc1OCCC1(C(=O)O)CCCC(C)C1. The smallest absolute Gasteiger partial charge is 0.309 e. The fourth-order valence-electron chi connectivity index (χ4n) is 3.28. The Bertz CT molecular complexity index is 485. The Morgan fingerprint density at radius 1 is 1.38 bits per heavy atom. The Balaban J connectivity index is 1.98. The van der Waals surface area contributed by atoms with Crippen molar-refractivity contribution in [3.05, 3.63) is 24.3 Å². The summed E-state index contributed by atoms with van der Waals surface area (Å²) in [5, 5.41) is 9.62. The van der Waals surface area contributed by atoms with Crippen LogP contribution in [0, 0.1) is 11.3 Å². The Hall–Kier alpha value is -1.71. The monoisotopic (exact) mass is 292 g/mol.